The average Bonchev–Trinajstić information content (AvgIpc) is 2.86. The van der Waals surface area contributed by atoms with Gasteiger partial charge in [-0.1, -0.05) is 32.0 Å². The first kappa shape index (κ1) is 13.1. The van der Waals surface area contributed by atoms with Gasteiger partial charge in [0.15, 0.2) is 0 Å². The summed E-state index contributed by atoms with van der Waals surface area (Å²) >= 11 is 1.83. The van der Waals surface area contributed by atoms with Crippen molar-refractivity contribution < 1.29 is 0 Å². The molecule has 19 heavy (non-hydrogen) atoms. The number of thiophene rings is 1. The molecule has 0 saturated heterocycles. The first-order valence-electron chi connectivity index (χ1n) is 7.28. The molecular weight excluding hydrogens is 250 g/mol. The van der Waals surface area contributed by atoms with Crippen LogP contribution in [0.1, 0.15) is 51.1 Å². The Morgan fingerprint density at radius 2 is 1.95 bits per heavy atom. The van der Waals surface area contributed by atoms with Gasteiger partial charge in [-0.3, -0.25) is 0 Å². The van der Waals surface area contributed by atoms with Gasteiger partial charge in [0.25, 0.3) is 0 Å². The van der Waals surface area contributed by atoms with Gasteiger partial charge in [0.05, 0.1) is 0 Å². The van der Waals surface area contributed by atoms with Gasteiger partial charge < -0.3 is 5.73 Å². The highest BCUT2D eigenvalue weighted by Gasteiger charge is 2.31. The summed E-state index contributed by atoms with van der Waals surface area (Å²) in [5.74, 6) is 0.653. The molecule has 1 heterocycles. The monoisotopic (exact) mass is 273 g/mol. The van der Waals surface area contributed by atoms with Crippen LogP contribution in [0.3, 0.4) is 0 Å². The lowest BCUT2D eigenvalue weighted by molar-refractivity contribution is 0.174. The maximum Gasteiger partial charge on any atom is 0.0390 e. The molecule has 0 amide bonds. The Morgan fingerprint density at radius 3 is 2.68 bits per heavy atom. The van der Waals surface area contributed by atoms with Crippen molar-refractivity contribution in [1.82, 2.24) is 0 Å². The van der Waals surface area contributed by atoms with Crippen molar-refractivity contribution in [2.45, 2.75) is 45.6 Å². The minimum atomic E-state index is 0.207. The van der Waals surface area contributed by atoms with Crippen LogP contribution in [0.2, 0.25) is 0 Å². The highest BCUT2D eigenvalue weighted by Crippen LogP contribution is 2.43. The SMILES string of the molecule is CC1(C)CCC(C(N)c2cccc3ccsc23)CC1. The molecule has 102 valence electrons. The molecule has 1 aliphatic rings. The third-order valence-corrected chi connectivity index (χ3v) is 5.74. The summed E-state index contributed by atoms with van der Waals surface area (Å²) in [6, 6.07) is 8.96. The third-order valence-electron chi connectivity index (χ3n) is 4.76. The van der Waals surface area contributed by atoms with Crippen LogP contribution in [0, 0.1) is 11.3 Å². The van der Waals surface area contributed by atoms with Crippen molar-refractivity contribution in [1.29, 1.82) is 0 Å². The predicted octanol–water partition coefficient (Wildman–Crippen LogP) is 5.12. The zero-order chi connectivity index (χ0) is 13.5. The molecule has 0 aliphatic heterocycles. The average molecular weight is 273 g/mol. The van der Waals surface area contributed by atoms with E-state index in [1.165, 1.54) is 41.3 Å². The number of hydrogen-bond acceptors (Lipinski definition) is 2. The van der Waals surface area contributed by atoms with Crippen molar-refractivity contribution in [3.63, 3.8) is 0 Å². The molecule has 1 unspecified atom stereocenters. The van der Waals surface area contributed by atoms with Gasteiger partial charge in [0.2, 0.25) is 0 Å². The molecule has 1 saturated carbocycles. The standard InChI is InChI=1S/C17H23NS/c1-17(2)9-6-12(7-10-17)15(18)14-5-3-4-13-8-11-19-16(13)14/h3-5,8,11-12,15H,6-7,9-10,18H2,1-2H3. The summed E-state index contributed by atoms with van der Waals surface area (Å²) in [7, 11) is 0. The van der Waals surface area contributed by atoms with E-state index in [0.717, 1.165) is 0 Å². The Hall–Kier alpha value is -0.860. The lowest BCUT2D eigenvalue weighted by Crippen LogP contribution is -2.29. The molecule has 1 nitrogen and oxygen atoms in total. The number of benzene rings is 1. The second kappa shape index (κ2) is 4.92. The van der Waals surface area contributed by atoms with Crippen LogP contribution in [0.5, 0.6) is 0 Å². The van der Waals surface area contributed by atoms with E-state index in [1.54, 1.807) is 0 Å². The molecule has 2 heteroatoms. The molecule has 0 bridgehead atoms. The van der Waals surface area contributed by atoms with E-state index >= 15 is 0 Å². The van der Waals surface area contributed by atoms with E-state index in [2.05, 4.69) is 43.5 Å². The molecule has 3 rings (SSSR count). The van der Waals surface area contributed by atoms with Gasteiger partial charge in [-0.15, -0.1) is 11.3 Å². The molecule has 1 aliphatic carbocycles. The highest BCUT2D eigenvalue weighted by atomic mass is 32.1. The Morgan fingerprint density at radius 1 is 1.21 bits per heavy atom. The molecule has 1 atom stereocenters. The smallest absolute Gasteiger partial charge is 0.0390 e. The van der Waals surface area contributed by atoms with Crippen LogP contribution in [0.25, 0.3) is 10.1 Å². The summed E-state index contributed by atoms with van der Waals surface area (Å²) in [6.45, 7) is 4.77. The topological polar surface area (TPSA) is 26.0 Å². The van der Waals surface area contributed by atoms with Crippen molar-refractivity contribution in [2.24, 2.45) is 17.1 Å². The van der Waals surface area contributed by atoms with E-state index in [4.69, 9.17) is 5.73 Å². The zero-order valence-corrected chi connectivity index (χ0v) is 12.7. The zero-order valence-electron chi connectivity index (χ0n) is 11.9. The highest BCUT2D eigenvalue weighted by molar-refractivity contribution is 7.17. The maximum absolute atomic E-state index is 6.59. The van der Waals surface area contributed by atoms with E-state index in [-0.39, 0.29) is 6.04 Å². The van der Waals surface area contributed by atoms with Gasteiger partial charge in [0.1, 0.15) is 0 Å². The fourth-order valence-corrected chi connectivity index (χ4v) is 4.28. The fourth-order valence-electron chi connectivity index (χ4n) is 3.31. The molecule has 1 fully saturated rings. The van der Waals surface area contributed by atoms with Crippen molar-refractivity contribution in [2.75, 3.05) is 0 Å². The van der Waals surface area contributed by atoms with E-state index in [9.17, 15) is 0 Å². The second-order valence-electron chi connectivity index (χ2n) is 6.71. The van der Waals surface area contributed by atoms with Crippen LogP contribution >= 0.6 is 11.3 Å². The summed E-state index contributed by atoms with van der Waals surface area (Å²) in [5, 5.41) is 3.51. The third kappa shape index (κ3) is 2.56. The molecule has 0 radical (unpaired) electrons. The second-order valence-corrected chi connectivity index (χ2v) is 7.63. The predicted molar refractivity (Wildman–Crippen MR) is 84.5 cm³/mol. The summed E-state index contributed by atoms with van der Waals surface area (Å²) in [5.41, 5.74) is 8.47. The first-order chi connectivity index (χ1) is 9.07. The number of rotatable bonds is 2. The van der Waals surface area contributed by atoms with Gasteiger partial charge in [-0.05, 0) is 59.4 Å². The van der Waals surface area contributed by atoms with E-state index in [0.29, 0.717) is 11.3 Å². The van der Waals surface area contributed by atoms with Crippen molar-refractivity contribution >= 4 is 21.4 Å². The summed E-state index contributed by atoms with van der Waals surface area (Å²) < 4.78 is 1.39. The molecule has 2 N–H and O–H groups in total. The van der Waals surface area contributed by atoms with Gasteiger partial charge in [-0.2, -0.15) is 0 Å². The van der Waals surface area contributed by atoms with Crippen molar-refractivity contribution in [3.05, 3.63) is 35.2 Å². The molecule has 1 aromatic heterocycles. The van der Waals surface area contributed by atoms with Crippen LogP contribution in [0.15, 0.2) is 29.6 Å². The van der Waals surface area contributed by atoms with Gasteiger partial charge >= 0.3 is 0 Å². The van der Waals surface area contributed by atoms with Crippen LogP contribution in [-0.2, 0) is 0 Å². The van der Waals surface area contributed by atoms with Crippen molar-refractivity contribution in [3.8, 4) is 0 Å². The van der Waals surface area contributed by atoms with Crippen LogP contribution in [-0.4, -0.2) is 0 Å². The number of fused-ring (bicyclic) bond motifs is 1. The van der Waals surface area contributed by atoms with E-state index in [1.807, 2.05) is 11.3 Å². The van der Waals surface area contributed by atoms with E-state index < -0.39 is 0 Å². The Bertz CT molecular complexity index is 559. The lowest BCUT2D eigenvalue weighted by Gasteiger charge is -2.37. The Labute approximate surface area is 119 Å². The summed E-state index contributed by atoms with van der Waals surface area (Å²) in [4.78, 5) is 0. The normalized spacial score (nSPS) is 21.6. The molecule has 2 aromatic rings. The summed E-state index contributed by atoms with van der Waals surface area (Å²) in [6.07, 6.45) is 5.17. The minimum absolute atomic E-state index is 0.207. The molecule has 1 aromatic carbocycles. The quantitative estimate of drug-likeness (QED) is 0.807. The molecule has 0 spiro atoms. The van der Waals surface area contributed by atoms with Gasteiger partial charge in [0, 0.05) is 10.7 Å². The maximum atomic E-state index is 6.59. The minimum Gasteiger partial charge on any atom is -0.324 e. The van der Waals surface area contributed by atoms with Crippen LogP contribution in [0.4, 0.5) is 0 Å². The number of nitrogens with two attached hydrogens (primary N) is 1. The lowest BCUT2D eigenvalue weighted by atomic mass is 9.70. The largest absolute Gasteiger partial charge is 0.324 e. The Kier molecular flexibility index (Phi) is 3.40. The fraction of sp³-hybridized carbons (Fsp3) is 0.529. The number of hydrogen-bond donors (Lipinski definition) is 1. The molecular formula is C17H23NS. The van der Waals surface area contributed by atoms with Crippen LogP contribution < -0.4 is 5.73 Å². The van der Waals surface area contributed by atoms with Gasteiger partial charge in [-0.25, -0.2) is 0 Å². The Balaban J connectivity index is 1.84. The first-order valence-corrected chi connectivity index (χ1v) is 8.16.